The van der Waals surface area contributed by atoms with Gasteiger partial charge in [-0.1, -0.05) is 43.7 Å². The summed E-state index contributed by atoms with van der Waals surface area (Å²) in [5.74, 6) is 2.33. The van der Waals surface area contributed by atoms with E-state index < -0.39 is 0 Å². The van der Waals surface area contributed by atoms with Crippen LogP contribution in [0.2, 0.25) is 0 Å². The molecule has 2 aromatic rings. The summed E-state index contributed by atoms with van der Waals surface area (Å²) >= 11 is 0. The molecule has 0 unspecified atom stereocenters. The zero-order chi connectivity index (χ0) is 18.3. The van der Waals surface area contributed by atoms with E-state index in [1.165, 1.54) is 0 Å². The van der Waals surface area contributed by atoms with E-state index in [2.05, 4.69) is 18.7 Å². The molecular weight excluding hydrogens is 326 g/mol. The van der Waals surface area contributed by atoms with Gasteiger partial charge in [-0.05, 0) is 36.6 Å². The van der Waals surface area contributed by atoms with Crippen LogP contribution in [0.5, 0.6) is 11.5 Å². The molecule has 4 heteroatoms. The number of rotatable bonds is 3. The molecule has 0 saturated heterocycles. The van der Waals surface area contributed by atoms with Crippen molar-refractivity contribution in [3.8, 4) is 11.5 Å². The molecule has 4 nitrogen and oxygen atoms in total. The van der Waals surface area contributed by atoms with Crippen LogP contribution in [-0.2, 0) is 6.54 Å². The summed E-state index contributed by atoms with van der Waals surface area (Å²) in [5.41, 5.74) is 3.71. The van der Waals surface area contributed by atoms with Gasteiger partial charge in [0.05, 0.1) is 11.1 Å². The van der Waals surface area contributed by atoms with E-state index in [0.717, 1.165) is 35.5 Å². The maximum Gasteiger partial charge on any atom is 0.231 e. The second-order valence-corrected chi connectivity index (χ2v) is 7.45. The average Bonchev–Trinajstić information content (AvgIpc) is 2.91. The number of ketones is 1. The molecule has 2 aromatic carbocycles. The Morgan fingerprint density at radius 1 is 1.23 bits per heavy atom. The summed E-state index contributed by atoms with van der Waals surface area (Å²) in [6, 6.07) is 11.7. The summed E-state index contributed by atoms with van der Waals surface area (Å²) < 4.78 is 11.9. The number of hydrogen-bond acceptors (Lipinski definition) is 4. The number of carbonyl (C=O) groups is 1. The quantitative estimate of drug-likeness (QED) is 0.769. The number of ether oxygens (including phenoxy) is 2. The minimum absolute atomic E-state index is 0.0645. The van der Waals surface area contributed by atoms with Crippen LogP contribution >= 0.6 is 0 Å². The van der Waals surface area contributed by atoms with Crippen molar-refractivity contribution in [2.45, 2.75) is 27.3 Å². The number of Topliss-reactive ketones (excluding diaryl/α,β-unsaturated/α-hetero) is 1. The highest BCUT2D eigenvalue weighted by atomic mass is 16.5. The number of hydrogen-bond donors (Lipinski definition) is 0. The first kappa shape index (κ1) is 16.9. The fourth-order valence-corrected chi connectivity index (χ4v) is 3.55. The molecule has 0 atom stereocenters. The first-order valence-electron chi connectivity index (χ1n) is 9.03. The molecule has 134 valence electrons. The van der Waals surface area contributed by atoms with E-state index in [1.54, 1.807) is 0 Å². The number of fused-ring (bicyclic) bond motifs is 3. The van der Waals surface area contributed by atoms with Gasteiger partial charge in [-0.25, -0.2) is 0 Å². The predicted octanol–water partition coefficient (Wildman–Crippen LogP) is 4.42. The zero-order valence-corrected chi connectivity index (χ0v) is 15.4. The molecule has 0 N–H and O–H groups in total. The topological polar surface area (TPSA) is 38.8 Å². The van der Waals surface area contributed by atoms with Gasteiger partial charge < -0.3 is 9.47 Å². The van der Waals surface area contributed by atoms with Crippen molar-refractivity contribution in [3.63, 3.8) is 0 Å². The summed E-state index contributed by atoms with van der Waals surface area (Å²) in [6.07, 6.45) is 1.82. The van der Waals surface area contributed by atoms with Crippen LogP contribution in [0, 0.1) is 12.8 Å². The van der Waals surface area contributed by atoms with E-state index in [-0.39, 0.29) is 5.78 Å². The van der Waals surface area contributed by atoms with Gasteiger partial charge in [-0.15, -0.1) is 0 Å². The van der Waals surface area contributed by atoms with Gasteiger partial charge >= 0.3 is 0 Å². The van der Waals surface area contributed by atoms with Crippen LogP contribution in [0.15, 0.2) is 42.2 Å². The van der Waals surface area contributed by atoms with E-state index in [1.807, 2.05) is 49.4 Å². The average molecular weight is 349 g/mol. The Bertz CT molecular complexity index is 898. The standard InChI is InChI=1S/C22H23NO3/c1-14(2)11-23-12-18-19(25-13-23)8-7-17-21(24)20(26-22(17)18)10-16-6-4-5-15(3)9-16/h4-10,14H,11-13H2,1-3H3/b20-10-. The minimum Gasteiger partial charge on any atom is -0.478 e. The molecule has 2 aliphatic heterocycles. The van der Waals surface area contributed by atoms with Crippen molar-refractivity contribution in [2.75, 3.05) is 13.3 Å². The maximum absolute atomic E-state index is 12.8. The Morgan fingerprint density at radius 3 is 2.85 bits per heavy atom. The first-order chi connectivity index (χ1) is 12.5. The number of allylic oxidation sites excluding steroid dienone is 1. The maximum atomic E-state index is 12.8. The van der Waals surface area contributed by atoms with Crippen LogP contribution in [0.3, 0.4) is 0 Å². The second kappa shape index (κ2) is 6.61. The molecule has 26 heavy (non-hydrogen) atoms. The Hall–Kier alpha value is -2.59. The molecule has 0 spiro atoms. The third kappa shape index (κ3) is 3.13. The lowest BCUT2D eigenvalue weighted by Crippen LogP contribution is -2.34. The Kier molecular flexibility index (Phi) is 4.29. The van der Waals surface area contributed by atoms with Crippen LogP contribution in [0.25, 0.3) is 6.08 Å². The number of aryl methyl sites for hydroxylation is 1. The van der Waals surface area contributed by atoms with Gasteiger partial charge in [0.2, 0.25) is 5.78 Å². The first-order valence-corrected chi connectivity index (χ1v) is 9.03. The lowest BCUT2D eigenvalue weighted by molar-refractivity contribution is 0.0832. The van der Waals surface area contributed by atoms with Crippen LogP contribution in [0.1, 0.15) is 40.9 Å². The normalized spacial score (nSPS) is 17.8. The third-order valence-electron chi connectivity index (χ3n) is 4.65. The lowest BCUT2D eigenvalue weighted by atomic mass is 10.0. The lowest BCUT2D eigenvalue weighted by Gasteiger charge is -2.30. The number of carbonyl (C=O) groups excluding carboxylic acids is 1. The van der Waals surface area contributed by atoms with E-state index >= 15 is 0 Å². The van der Waals surface area contributed by atoms with Crippen LogP contribution in [0.4, 0.5) is 0 Å². The molecule has 0 saturated carbocycles. The van der Waals surface area contributed by atoms with Crippen LogP contribution in [-0.4, -0.2) is 24.0 Å². The van der Waals surface area contributed by atoms with Crippen molar-refractivity contribution in [2.24, 2.45) is 5.92 Å². The van der Waals surface area contributed by atoms with Gasteiger partial charge in [0.25, 0.3) is 0 Å². The molecule has 4 rings (SSSR count). The number of nitrogens with zero attached hydrogens (tertiary/aromatic N) is 1. The molecule has 0 radical (unpaired) electrons. The van der Waals surface area contributed by atoms with E-state index in [9.17, 15) is 4.79 Å². The molecule has 2 heterocycles. The van der Waals surface area contributed by atoms with Gasteiger partial charge in [0.1, 0.15) is 18.2 Å². The molecular formula is C22H23NO3. The summed E-state index contributed by atoms with van der Waals surface area (Å²) in [5, 5.41) is 0. The zero-order valence-electron chi connectivity index (χ0n) is 15.4. The van der Waals surface area contributed by atoms with Crippen molar-refractivity contribution >= 4 is 11.9 Å². The highest BCUT2D eigenvalue weighted by Crippen LogP contribution is 2.42. The number of benzene rings is 2. The van der Waals surface area contributed by atoms with Crippen molar-refractivity contribution in [1.29, 1.82) is 0 Å². The smallest absolute Gasteiger partial charge is 0.231 e. The summed E-state index contributed by atoms with van der Waals surface area (Å²) in [7, 11) is 0. The second-order valence-electron chi connectivity index (χ2n) is 7.45. The van der Waals surface area contributed by atoms with Gasteiger partial charge in [0, 0.05) is 13.1 Å². The molecule has 0 aliphatic carbocycles. The molecule has 0 bridgehead atoms. The Labute approximate surface area is 154 Å². The largest absolute Gasteiger partial charge is 0.478 e. The summed E-state index contributed by atoms with van der Waals surface area (Å²) in [4.78, 5) is 15.0. The molecule has 0 fully saturated rings. The van der Waals surface area contributed by atoms with E-state index in [0.29, 0.717) is 29.7 Å². The predicted molar refractivity (Wildman–Crippen MR) is 101 cm³/mol. The Balaban J connectivity index is 1.67. The molecule has 2 aliphatic rings. The Morgan fingerprint density at radius 2 is 2.08 bits per heavy atom. The third-order valence-corrected chi connectivity index (χ3v) is 4.65. The van der Waals surface area contributed by atoms with Crippen molar-refractivity contribution in [1.82, 2.24) is 4.90 Å². The fourth-order valence-electron chi connectivity index (χ4n) is 3.55. The van der Waals surface area contributed by atoms with Gasteiger partial charge in [-0.2, -0.15) is 0 Å². The van der Waals surface area contributed by atoms with Crippen molar-refractivity contribution in [3.05, 3.63) is 64.4 Å². The van der Waals surface area contributed by atoms with Gasteiger partial charge in [0.15, 0.2) is 5.76 Å². The van der Waals surface area contributed by atoms with Crippen LogP contribution < -0.4 is 9.47 Å². The van der Waals surface area contributed by atoms with E-state index in [4.69, 9.17) is 9.47 Å². The monoisotopic (exact) mass is 349 g/mol. The molecule has 0 amide bonds. The highest BCUT2D eigenvalue weighted by Gasteiger charge is 2.33. The molecule has 0 aromatic heterocycles. The fraction of sp³-hybridized carbons (Fsp3) is 0.318. The minimum atomic E-state index is -0.0645. The summed E-state index contributed by atoms with van der Waals surface area (Å²) in [6.45, 7) is 8.67. The van der Waals surface area contributed by atoms with Gasteiger partial charge in [-0.3, -0.25) is 9.69 Å². The SMILES string of the molecule is Cc1cccc(/C=C2\Oc3c(ccc4c3CN(CC(C)C)CO4)C2=O)c1. The highest BCUT2D eigenvalue weighted by molar-refractivity contribution is 6.15. The van der Waals surface area contributed by atoms with Crippen molar-refractivity contribution < 1.29 is 14.3 Å².